The average molecular weight is 262 g/mol. The fourth-order valence-corrected chi connectivity index (χ4v) is 2.39. The lowest BCUT2D eigenvalue weighted by molar-refractivity contribution is 0.288. The Morgan fingerprint density at radius 3 is 2.16 bits per heavy atom. The van der Waals surface area contributed by atoms with E-state index in [0.717, 1.165) is 12.1 Å². The van der Waals surface area contributed by atoms with Crippen molar-refractivity contribution in [2.24, 2.45) is 16.3 Å². The predicted molar refractivity (Wildman–Crippen MR) is 83.0 cm³/mol. The van der Waals surface area contributed by atoms with Crippen molar-refractivity contribution in [3.8, 4) is 0 Å². The molecule has 0 aliphatic heterocycles. The highest BCUT2D eigenvalue weighted by Gasteiger charge is 2.25. The van der Waals surface area contributed by atoms with Crippen LogP contribution in [0.5, 0.6) is 0 Å². The number of nitrogens with one attached hydrogen (secondary N) is 2. The van der Waals surface area contributed by atoms with E-state index in [-0.39, 0.29) is 11.0 Å². The van der Waals surface area contributed by atoms with E-state index in [1.807, 2.05) is 30.3 Å². The molecule has 0 spiro atoms. The summed E-state index contributed by atoms with van der Waals surface area (Å²) < 4.78 is 0. The Hall–Kier alpha value is -1.55. The van der Waals surface area contributed by atoms with Gasteiger partial charge in [-0.15, -0.1) is 0 Å². The quantitative estimate of drug-likeness (QED) is 0.339. The highest BCUT2D eigenvalue weighted by atomic mass is 15.3. The van der Waals surface area contributed by atoms with Crippen molar-refractivity contribution in [3.63, 3.8) is 0 Å². The zero-order valence-electron chi connectivity index (χ0n) is 12.6. The summed E-state index contributed by atoms with van der Waals surface area (Å²) in [6.07, 6.45) is 0.974. The van der Waals surface area contributed by atoms with Gasteiger partial charge in [0.15, 0.2) is 0 Å². The number of guanidine groups is 1. The molecule has 0 aliphatic rings. The molecular weight excluding hydrogens is 236 g/mol. The zero-order chi connectivity index (χ0) is 14.5. The smallest absolute Gasteiger partial charge is 0.210 e. The highest BCUT2D eigenvalue weighted by Crippen LogP contribution is 2.29. The molecule has 0 saturated heterocycles. The van der Waals surface area contributed by atoms with E-state index in [0.29, 0.717) is 5.96 Å². The van der Waals surface area contributed by atoms with Crippen LogP contribution in [0.15, 0.2) is 35.3 Å². The molecular formula is C15H26N4. The molecule has 106 valence electrons. The summed E-state index contributed by atoms with van der Waals surface area (Å²) in [7, 11) is 0. The van der Waals surface area contributed by atoms with Gasteiger partial charge >= 0.3 is 0 Å². The first-order chi connectivity index (χ1) is 8.72. The number of benzene rings is 1. The van der Waals surface area contributed by atoms with Gasteiger partial charge in [0, 0.05) is 5.69 Å². The average Bonchev–Trinajstić information content (AvgIpc) is 2.25. The van der Waals surface area contributed by atoms with Gasteiger partial charge in [0.2, 0.25) is 5.96 Å². The Morgan fingerprint density at radius 1 is 1.11 bits per heavy atom. The van der Waals surface area contributed by atoms with Gasteiger partial charge in [-0.3, -0.25) is 5.43 Å². The predicted octanol–water partition coefficient (Wildman–Crippen LogP) is 3.13. The summed E-state index contributed by atoms with van der Waals surface area (Å²) in [6.45, 7) is 10.9. The number of rotatable bonds is 3. The van der Waals surface area contributed by atoms with Crippen molar-refractivity contribution in [2.45, 2.75) is 46.6 Å². The molecule has 4 heteroatoms. The number of hydrazine groups is 1. The lowest BCUT2D eigenvalue weighted by atomic mass is 9.82. The Balaban J connectivity index is 2.81. The molecule has 0 saturated carbocycles. The van der Waals surface area contributed by atoms with Crippen LogP contribution in [-0.2, 0) is 0 Å². The van der Waals surface area contributed by atoms with Gasteiger partial charge in [0.05, 0.1) is 5.54 Å². The molecule has 4 N–H and O–H groups in total. The minimum Gasteiger partial charge on any atom is -0.325 e. The third kappa shape index (κ3) is 6.25. The molecule has 1 rings (SSSR count). The molecule has 0 fully saturated rings. The SMILES string of the molecule is CC(C)(C)CC(C)(C)N=C(NN)Nc1ccccc1. The second kappa shape index (κ2) is 6.06. The van der Waals surface area contributed by atoms with Gasteiger partial charge in [-0.05, 0) is 37.8 Å². The van der Waals surface area contributed by atoms with Crippen LogP contribution in [-0.4, -0.2) is 11.5 Å². The third-order valence-electron chi connectivity index (χ3n) is 2.55. The van der Waals surface area contributed by atoms with Crippen LogP contribution in [0, 0.1) is 5.41 Å². The number of anilines is 1. The maximum atomic E-state index is 5.55. The number of nitrogens with two attached hydrogens (primary N) is 1. The summed E-state index contributed by atoms with van der Waals surface area (Å²) in [5.41, 5.74) is 3.64. The van der Waals surface area contributed by atoms with Gasteiger partial charge in [0.25, 0.3) is 0 Å². The first-order valence-electron chi connectivity index (χ1n) is 6.60. The monoisotopic (exact) mass is 262 g/mol. The third-order valence-corrected chi connectivity index (χ3v) is 2.55. The van der Waals surface area contributed by atoms with E-state index >= 15 is 0 Å². The molecule has 0 aromatic heterocycles. The number of aliphatic imine (C=N–C) groups is 1. The standard InChI is InChI=1S/C15H26N4/c1-14(2,3)11-15(4,5)18-13(19-16)17-12-9-7-6-8-10-12/h6-10H,11,16H2,1-5H3,(H2,17,18,19). The maximum Gasteiger partial charge on any atom is 0.210 e. The van der Waals surface area contributed by atoms with Crippen LogP contribution in [0.1, 0.15) is 41.0 Å². The van der Waals surface area contributed by atoms with Crippen molar-refractivity contribution in [3.05, 3.63) is 30.3 Å². The van der Waals surface area contributed by atoms with E-state index in [9.17, 15) is 0 Å². The van der Waals surface area contributed by atoms with Crippen LogP contribution < -0.4 is 16.6 Å². The van der Waals surface area contributed by atoms with Crippen LogP contribution >= 0.6 is 0 Å². The molecule has 0 radical (unpaired) electrons. The molecule has 0 unspecified atom stereocenters. The van der Waals surface area contributed by atoms with Gasteiger partial charge in [-0.1, -0.05) is 39.0 Å². The topological polar surface area (TPSA) is 62.4 Å². The van der Waals surface area contributed by atoms with Gasteiger partial charge < -0.3 is 5.32 Å². The minimum atomic E-state index is -0.179. The van der Waals surface area contributed by atoms with Crippen molar-refractivity contribution in [1.29, 1.82) is 0 Å². The van der Waals surface area contributed by atoms with Crippen LogP contribution in [0.2, 0.25) is 0 Å². The van der Waals surface area contributed by atoms with E-state index in [4.69, 9.17) is 5.84 Å². The largest absolute Gasteiger partial charge is 0.325 e. The van der Waals surface area contributed by atoms with Crippen LogP contribution in [0.25, 0.3) is 0 Å². The molecule has 0 bridgehead atoms. The molecule has 1 aromatic carbocycles. The Labute approximate surface area is 116 Å². The van der Waals surface area contributed by atoms with Crippen LogP contribution in [0.3, 0.4) is 0 Å². The summed E-state index contributed by atoms with van der Waals surface area (Å²) >= 11 is 0. The van der Waals surface area contributed by atoms with E-state index < -0.39 is 0 Å². The number of nitrogens with zero attached hydrogens (tertiary/aromatic N) is 1. The first-order valence-corrected chi connectivity index (χ1v) is 6.60. The molecule has 0 atom stereocenters. The van der Waals surface area contributed by atoms with Crippen molar-refractivity contribution < 1.29 is 0 Å². The number of para-hydroxylation sites is 1. The Bertz CT molecular complexity index is 416. The second-order valence-corrected chi connectivity index (χ2v) is 6.65. The van der Waals surface area contributed by atoms with Gasteiger partial charge in [-0.2, -0.15) is 0 Å². The van der Waals surface area contributed by atoms with E-state index in [1.54, 1.807) is 0 Å². The summed E-state index contributed by atoms with van der Waals surface area (Å²) in [4.78, 5) is 4.68. The van der Waals surface area contributed by atoms with E-state index in [1.165, 1.54) is 0 Å². The molecule has 19 heavy (non-hydrogen) atoms. The highest BCUT2D eigenvalue weighted by molar-refractivity contribution is 5.93. The lowest BCUT2D eigenvalue weighted by Gasteiger charge is -2.29. The molecule has 0 aliphatic carbocycles. The second-order valence-electron chi connectivity index (χ2n) is 6.65. The fraction of sp³-hybridized carbons (Fsp3) is 0.533. The molecule has 0 heterocycles. The Morgan fingerprint density at radius 2 is 1.68 bits per heavy atom. The van der Waals surface area contributed by atoms with Crippen LogP contribution in [0.4, 0.5) is 5.69 Å². The first kappa shape index (κ1) is 15.5. The molecule has 1 aromatic rings. The van der Waals surface area contributed by atoms with Gasteiger partial charge in [-0.25, -0.2) is 10.8 Å². The van der Waals surface area contributed by atoms with Crippen molar-refractivity contribution >= 4 is 11.6 Å². The molecule has 0 amide bonds. The fourth-order valence-electron chi connectivity index (χ4n) is 2.39. The maximum absolute atomic E-state index is 5.55. The summed E-state index contributed by atoms with van der Waals surface area (Å²) in [5.74, 6) is 6.13. The zero-order valence-corrected chi connectivity index (χ0v) is 12.6. The van der Waals surface area contributed by atoms with Gasteiger partial charge in [0.1, 0.15) is 0 Å². The summed E-state index contributed by atoms with van der Waals surface area (Å²) in [5, 5.41) is 3.18. The minimum absolute atomic E-state index is 0.179. The lowest BCUT2D eigenvalue weighted by Crippen LogP contribution is -2.39. The number of hydrogen-bond donors (Lipinski definition) is 3. The van der Waals surface area contributed by atoms with E-state index in [2.05, 4.69) is 50.4 Å². The van der Waals surface area contributed by atoms with Crippen molar-refractivity contribution in [1.82, 2.24) is 5.43 Å². The number of hydrogen-bond acceptors (Lipinski definition) is 2. The van der Waals surface area contributed by atoms with Crippen molar-refractivity contribution in [2.75, 3.05) is 5.32 Å². The summed E-state index contributed by atoms with van der Waals surface area (Å²) in [6, 6.07) is 9.86. The Kier molecular flexibility index (Phi) is 4.95. The molecule has 4 nitrogen and oxygen atoms in total. The normalized spacial score (nSPS) is 13.3.